The maximum absolute atomic E-state index is 12.6. The number of nitrogens with one attached hydrogen (secondary N) is 1. The number of para-hydroxylation sites is 1. The highest BCUT2D eigenvalue weighted by Gasteiger charge is 2.14. The van der Waals surface area contributed by atoms with Crippen LogP contribution in [0.25, 0.3) is 10.9 Å². The molecule has 0 spiro atoms. The molecule has 1 aromatic heterocycles. The van der Waals surface area contributed by atoms with Crippen molar-refractivity contribution in [2.75, 3.05) is 0 Å². The molecule has 0 atom stereocenters. The first-order valence-electron chi connectivity index (χ1n) is 6.99. The molecule has 0 bridgehead atoms. The highest BCUT2D eigenvalue weighted by molar-refractivity contribution is 7.80. The zero-order valence-corrected chi connectivity index (χ0v) is 13.1. The van der Waals surface area contributed by atoms with Gasteiger partial charge < -0.3 is 15.4 Å². The fourth-order valence-corrected chi connectivity index (χ4v) is 2.28. The summed E-state index contributed by atoms with van der Waals surface area (Å²) in [5, 5.41) is 14.7. The largest absolute Gasteiger partial charge is 0.506 e. The van der Waals surface area contributed by atoms with Crippen LogP contribution < -0.4 is 16.7 Å². The molecule has 6 nitrogen and oxygen atoms in total. The molecule has 4 N–H and O–H groups in total. The van der Waals surface area contributed by atoms with E-state index < -0.39 is 0 Å². The van der Waals surface area contributed by atoms with E-state index in [4.69, 9.17) is 5.73 Å². The summed E-state index contributed by atoms with van der Waals surface area (Å²) in [6.45, 7) is 2.64. The number of pyridine rings is 1. The van der Waals surface area contributed by atoms with Gasteiger partial charge in [-0.1, -0.05) is 25.5 Å². The SMILES string of the molecule is CCCCn1c(=O)c(/C=N/NC(N)=S)c(O)c2ccccc21. The van der Waals surface area contributed by atoms with E-state index in [0.29, 0.717) is 17.4 Å². The van der Waals surface area contributed by atoms with Crippen LogP contribution in [0, 0.1) is 0 Å². The molecule has 0 radical (unpaired) electrons. The van der Waals surface area contributed by atoms with E-state index in [1.807, 2.05) is 18.2 Å². The third kappa shape index (κ3) is 3.25. The second-order valence-electron chi connectivity index (χ2n) is 4.82. The van der Waals surface area contributed by atoms with Crippen molar-refractivity contribution in [3.63, 3.8) is 0 Å². The summed E-state index contributed by atoms with van der Waals surface area (Å²) in [5.74, 6) is -0.0955. The van der Waals surface area contributed by atoms with E-state index in [2.05, 4.69) is 29.7 Å². The van der Waals surface area contributed by atoms with Crippen molar-refractivity contribution in [1.29, 1.82) is 0 Å². The van der Waals surface area contributed by atoms with Crippen LogP contribution in [0.2, 0.25) is 0 Å². The lowest BCUT2D eigenvalue weighted by molar-refractivity contribution is 0.477. The third-order valence-corrected chi connectivity index (χ3v) is 3.38. The van der Waals surface area contributed by atoms with Gasteiger partial charge in [0.1, 0.15) is 11.3 Å². The van der Waals surface area contributed by atoms with Crippen molar-refractivity contribution in [3.05, 3.63) is 40.2 Å². The van der Waals surface area contributed by atoms with Crippen molar-refractivity contribution in [3.8, 4) is 5.75 Å². The van der Waals surface area contributed by atoms with Crippen LogP contribution in [0.5, 0.6) is 5.75 Å². The van der Waals surface area contributed by atoms with Gasteiger partial charge in [0.25, 0.3) is 5.56 Å². The molecule has 1 heterocycles. The summed E-state index contributed by atoms with van der Waals surface area (Å²) in [6, 6.07) is 7.24. The molecular formula is C15H18N4O2S. The molecule has 22 heavy (non-hydrogen) atoms. The van der Waals surface area contributed by atoms with E-state index in [1.54, 1.807) is 10.6 Å². The fourth-order valence-electron chi connectivity index (χ4n) is 2.23. The Morgan fingerprint density at radius 2 is 2.23 bits per heavy atom. The number of thiocarbonyl (C=S) groups is 1. The molecule has 0 saturated carbocycles. The molecule has 0 saturated heterocycles. The summed E-state index contributed by atoms with van der Waals surface area (Å²) >= 11 is 4.64. The second kappa shape index (κ2) is 7.04. The average Bonchev–Trinajstić information content (AvgIpc) is 2.50. The highest BCUT2D eigenvalue weighted by atomic mass is 32.1. The maximum atomic E-state index is 12.6. The number of aryl methyl sites for hydroxylation is 1. The second-order valence-corrected chi connectivity index (χ2v) is 5.26. The Bertz CT molecular complexity index is 783. The molecule has 0 aliphatic heterocycles. The van der Waals surface area contributed by atoms with Gasteiger partial charge in [0.2, 0.25) is 0 Å². The zero-order chi connectivity index (χ0) is 16.1. The lowest BCUT2D eigenvalue weighted by Crippen LogP contribution is -2.27. The monoisotopic (exact) mass is 318 g/mol. The molecule has 0 unspecified atom stereocenters. The molecule has 116 valence electrons. The molecular weight excluding hydrogens is 300 g/mol. The lowest BCUT2D eigenvalue weighted by atomic mass is 10.1. The predicted octanol–water partition coefficient (Wildman–Crippen LogP) is 1.67. The lowest BCUT2D eigenvalue weighted by Gasteiger charge is -2.13. The number of hydrogen-bond acceptors (Lipinski definition) is 4. The Morgan fingerprint density at radius 3 is 2.91 bits per heavy atom. The van der Waals surface area contributed by atoms with Crippen molar-refractivity contribution in [2.24, 2.45) is 10.8 Å². The summed E-state index contributed by atoms with van der Waals surface area (Å²) in [7, 11) is 0. The van der Waals surface area contributed by atoms with Gasteiger partial charge in [0, 0.05) is 11.9 Å². The van der Waals surface area contributed by atoms with Gasteiger partial charge in [-0.05, 0) is 30.8 Å². The minimum absolute atomic E-state index is 0.0113. The summed E-state index contributed by atoms with van der Waals surface area (Å²) in [6.07, 6.45) is 3.08. The van der Waals surface area contributed by atoms with Crippen LogP contribution in [-0.4, -0.2) is 21.0 Å². The van der Waals surface area contributed by atoms with Crippen LogP contribution in [-0.2, 0) is 6.54 Å². The number of hydrazone groups is 1. The number of benzene rings is 1. The van der Waals surface area contributed by atoms with Gasteiger partial charge in [-0.25, -0.2) is 0 Å². The molecule has 7 heteroatoms. The van der Waals surface area contributed by atoms with Gasteiger partial charge in [0.15, 0.2) is 5.11 Å². The quantitative estimate of drug-likeness (QED) is 0.443. The Hall–Kier alpha value is -2.41. The van der Waals surface area contributed by atoms with E-state index in [1.165, 1.54) is 6.21 Å². The first-order valence-corrected chi connectivity index (χ1v) is 7.40. The first-order chi connectivity index (χ1) is 10.6. The van der Waals surface area contributed by atoms with Crippen LogP contribution in [0.1, 0.15) is 25.3 Å². The van der Waals surface area contributed by atoms with E-state index >= 15 is 0 Å². The predicted molar refractivity (Wildman–Crippen MR) is 92.3 cm³/mol. The molecule has 2 aromatic rings. The van der Waals surface area contributed by atoms with Crippen molar-refractivity contribution >= 4 is 34.4 Å². The highest BCUT2D eigenvalue weighted by Crippen LogP contribution is 2.25. The van der Waals surface area contributed by atoms with E-state index in [-0.39, 0.29) is 22.0 Å². The Labute approximate surface area is 133 Å². The minimum atomic E-state index is -0.293. The number of aromatic hydroxyl groups is 1. The molecule has 0 amide bonds. The number of nitrogens with two attached hydrogens (primary N) is 1. The standard InChI is InChI=1S/C15H18N4O2S/c1-2-3-8-19-12-7-5-4-6-10(12)13(20)11(14(19)21)9-17-18-15(16)22/h4-7,9,20H,2-3,8H2,1H3,(H3,16,18,22)/b17-9+. The van der Waals surface area contributed by atoms with Crippen LogP contribution in [0.15, 0.2) is 34.2 Å². The average molecular weight is 318 g/mol. The summed E-state index contributed by atoms with van der Waals surface area (Å²) < 4.78 is 1.65. The van der Waals surface area contributed by atoms with Gasteiger partial charge in [-0.2, -0.15) is 5.10 Å². The van der Waals surface area contributed by atoms with E-state index in [9.17, 15) is 9.90 Å². The molecule has 1 aromatic carbocycles. The number of nitrogens with zero attached hydrogens (tertiary/aromatic N) is 2. The minimum Gasteiger partial charge on any atom is -0.506 e. The number of unbranched alkanes of at least 4 members (excludes halogenated alkanes) is 1. The Kier molecular flexibility index (Phi) is 5.11. The Balaban J connectivity index is 2.63. The van der Waals surface area contributed by atoms with Crippen molar-refractivity contribution < 1.29 is 5.11 Å². The third-order valence-electron chi connectivity index (χ3n) is 3.28. The number of hydrogen-bond donors (Lipinski definition) is 3. The van der Waals surface area contributed by atoms with Gasteiger partial charge in [-0.15, -0.1) is 0 Å². The molecule has 2 rings (SSSR count). The molecule has 0 fully saturated rings. The van der Waals surface area contributed by atoms with Gasteiger partial charge in [-0.3, -0.25) is 10.2 Å². The van der Waals surface area contributed by atoms with Crippen LogP contribution in [0.3, 0.4) is 0 Å². The van der Waals surface area contributed by atoms with Crippen molar-refractivity contribution in [2.45, 2.75) is 26.3 Å². The number of aromatic nitrogens is 1. The van der Waals surface area contributed by atoms with Crippen molar-refractivity contribution in [1.82, 2.24) is 9.99 Å². The Morgan fingerprint density at radius 1 is 1.50 bits per heavy atom. The van der Waals surface area contributed by atoms with Crippen LogP contribution >= 0.6 is 12.2 Å². The van der Waals surface area contributed by atoms with Gasteiger partial charge >= 0.3 is 0 Å². The van der Waals surface area contributed by atoms with Gasteiger partial charge in [0.05, 0.1) is 11.7 Å². The number of rotatable bonds is 5. The first kappa shape index (κ1) is 16.0. The smallest absolute Gasteiger partial charge is 0.263 e. The summed E-state index contributed by atoms with van der Waals surface area (Å²) in [4.78, 5) is 12.6. The normalized spacial score (nSPS) is 11.1. The molecule has 0 aliphatic carbocycles. The molecule has 0 aliphatic rings. The number of fused-ring (bicyclic) bond motifs is 1. The zero-order valence-electron chi connectivity index (χ0n) is 12.2. The van der Waals surface area contributed by atoms with E-state index in [0.717, 1.165) is 12.8 Å². The van der Waals surface area contributed by atoms with Crippen LogP contribution in [0.4, 0.5) is 0 Å². The maximum Gasteiger partial charge on any atom is 0.263 e. The topological polar surface area (TPSA) is 92.6 Å². The summed E-state index contributed by atoms with van der Waals surface area (Å²) in [5.41, 5.74) is 8.18. The fraction of sp³-hybridized carbons (Fsp3) is 0.267.